The average molecular weight is 342 g/mol. The lowest BCUT2D eigenvalue weighted by Crippen LogP contribution is -2.14. The zero-order valence-corrected chi connectivity index (χ0v) is 13.6. The van der Waals surface area contributed by atoms with Gasteiger partial charge in [0.15, 0.2) is 0 Å². The van der Waals surface area contributed by atoms with Crippen molar-refractivity contribution >= 4 is 23.2 Å². The molecule has 2 N–H and O–H groups in total. The highest BCUT2D eigenvalue weighted by atomic mass is 35.5. The van der Waals surface area contributed by atoms with Gasteiger partial charge in [-0.3, -0.25) is 4.79 Å². The average Bonchev–Trinajstić information content (AvgIpc) is 3.06. The standard InChI is InChI=1S/C19H16ClNO3/c20-17-8-6-14(11-16(17)18-9-7-15(12-22)24-18)21-19(23)10-13-4-2-1-3-5-13/h1-9,11,22H,10,12H2,(H,21,23). The number of amides is 1. The molecule has 3 aromatic rings. The molecule has 0 aliphatic rings. The Hall–Kier alpha value is -2.56. The van der Waals surface area contributed by atoms with E-state index in [9.17, 15) is 4.79 Å². The molecule has 122 valence electrons. The molecule has 0 unspecified atom stereocenters. The Labute approximate surface area is 144 Å². The number of anilines is 1. The summed E-state index contributed by atoms with van der Waals surface area (Å²) < 4.78 is 5.51. The van der Waals surface area contributed by atoms with Crippen molar-refractivity contribution in [3.63, 3.8) is 0 Å². The van der Waals surface area contributed by atoms with Gasteiger partial charge in [-0.2, -0.15) is 0 Å². The van der Waals surface area contributed by atoms with Crippen LogP contribution in [0.4, 0.5) is 5.69 Å². The highest BCUT2D eigenvalue weighted by Crippen LogP contribution is 2.32. The summed E-state index contributed by atoms with van der Waals surface area (Å²) in [7, 11) is 0. The van der Waals surface area contributed by atoms with E-state index in [-0.39, 0.29) is 12.5 Å². The molecule has 0 saturated carbocycles. The molecule has 0 atom stereocenters. The van der Waals surface area contributed by atoms with Gasteiger partial charge in [0.25, 0.3) is 0 Å². The Balaban J connectivity index is 1.77. The quantitative estimate of drug-likeness (QED) is 0.728. The van der Waals surface area contributed by atoms with Crippen LogP contribution in [0.3, 0.4) is 0 Å². The number of aliphatic hydroxyl groups is 1. The fraction of sp³-hybridized carbons (Fsp3) is 0.105. The van der Waals surface area contributed by atoms with Crippen LogP contribution in [0.2, 0.25) is 5.02 Å². The first-order valence-corrected chi connectivity index (χ1v) is 7.87. The molecule has 1 heterocycles. The van der Waals surface area contributed by atoms with Crippen molar-refractivity contribution in [2.45, 2.75) is 13.0 Å². The van der Waals surface area contributed by atoms with Gasteiger partial charge in [0.05, 0.1) is 11.4 Å². The van der Waals surface area contributed by atoms with Gasteiger partial charge in [0, 0.05) is 11.3 Å². The SMILES string of the molecule is O=C(Cc1ccccc1)Nc1ccc(Cl)c(-c2ccc(CO)o2)c1. The van der Waals surface area contributed by atoms with Crippen molar-refractivity contribution in [1.29, 1.82) is 0 Å². The molecule has 0 bridgehead atoms. The topological polar surface area (TPSA) is 62.5 Å². The second-order valence-corrected chi connectivity index (χ2v) is 5.74. The van der Waals surface area contributed by atoms with Crippen LogP contribution in [0.1, 0.15) is 11.3 Å². The van der Waals surface area contributed by atoms with E-state index in [1.165, 1.54) is 0 Å². The first kappa shape index (κ1) is 16.3. The third kappa shape index (κ3) is 3.85. The number of benzene rings is 2. The van der Waals surface area contributed by atoms with Crippen molar-refractivity contribution in [2.24, 2.45) is 0 Å². The molecule has 0 fully saturated rings. The monoisotopic (exact) mass is 341 g/mol. The molecule has 24 heavy (non-hydrogen) atoms. The molecule has 1 aromatic heterocycles. The maximum atomic E-state index is 12.2. The first-order chi connectivity index (χ1) is 11.7. The van der Waals surface area contributed by atoms with Crippen molar-refractivity contribution < 1.29 is 14.3 Å². The summed E-state index contributed by atoms with van der Waals surface area (Å²) in [5.41, 5.74) is 2.24. The Morgan fingerprint density at radius 1 is 1.08 bits per heavy atom. The summed E-state index contributed by atoms with van der Waals surface area (Å²) in [5, 5.41) is 12.5. The van der Waals surface area contributed by atoms with Crippen LogP contribution in [0, 0.1) is 0 Å². The highest BCUT2D eigenvalue weighted by molar-refractivity contribution is 6.33. The largest absolute Gasteiger partial charge is 0.459 e. The Kier molecular flexibility index (Phi) is 4.99. The molecule has 0 aliphatic heterocycles. The second kappa shape index (κ2) is 7.34. The Morgan fingerprint density at radius 2 is 1.88 bits per heavy atom. The summed E-state index contributed by atoms with van der Waals surface area (Å²) in [6, 6.07) is 18.2. The fourth-order valence-corrected chi connectivity index (χ4v) is 2.60. The van der Waals surface area contributed by atoms with E-state index in [4.69, 9.17) is 21.1 Å². The van der Waals surface area contributed by atoms with Crippen molar-refractivity contribution in [3.05, 3.63) is 77.0 Å². The summed E-state index contributed by atoms with van der Waals surface area (Å²) in [4.78, 5) is 12.2. The summed E-state index contributed by atoms with van der Waals surface area (Å²) >= 11 is 6.21. The maximum Gasteiger partial charge on any atom is 0.228 e. The van der Waals surface area contributed by atoms with Crippen LogP contribution in [-0.2, 0) is 17.8 Å². The number of furan rings is 1. The number of carbonyl (C=O) groups excluding carboxylic acids is 1. The third-order valence-corrected chi connectivity index (χ3v) is 3.87. The number of hydrogen-bond donors (Lipinski definition) is 2. The van der Waals surface area contributed by atoms with Crippen LogP contribution in [0.5, 0.6) is 0 Å². The number of aliphatic hydroxyl groups excluding tert-OH is 1. The zero-order chi connectivity index (χ0) is 16.9. The smallest absolute Gasteiger partial charge is 0.228 e. The minimum Gasteiger partial charge on any atom is -0.459 e. The van der Waals surface area contributed by atoms with E-state index in [1.807, 2.05) is 30.3 Å². The van der Waals surface area contributed by atoms with Crippen LogP contribution in [-0.4, -0.2) is 11.0 Å². The van der Waals surface area contributed by atoms with Gasteiger partial charge in [-0.1, -0.05) is 41.9 Å². The minimum atomic E-state index is -0.175. The normalized spacial score (nSPS) is 10.6. The summed E-state index contributed by atoms with van der Waals surface area (Å²) in [6.07, 6.45) is 0.300. The lowest BCUT2D eigenvalue weighted by Gasteiger charge is -2.08. The van der Waals surface area contributed by atoms with E-state index < -0.39 is 0 Å². The number of hydrogen-bond acceptors (Lipinski definition) is 3. The van der Waals surface area contributed by atoms with Gasteiger partial charge in [-0.15, -0.1) is 0 Å². The lowest BCUT2D eigenvalue weighted by molar-refractivity contribution is -0.115. The molecule has 0 aliphatic carbocycles. The molecular formula is C19H16ClNO3. The van der Waals surface area contributed by atoms with Gasteiger partial charge >= 0.3 is 0 Å². The van der Waals surface area contributed by atoms with Gasteiger partial charge in [-0.25, -0.2) is 0 Å². The van der Waals surface area contributed by atoms with Crippen LogP contribution in [0.25, 0.3) is 11.3 Å². The van der Waals surface area contributed by atoms with Crippen LogP contribution < -0.4 is 5.32 Å². The highest BCUT2D eigenvalue weighted by Gasteiger charge is 2.11. The van der Waals surface area contributed by atoms with Gasteiger partial charge in [0.2, 0.25) is 5.91 Å². The second-order valence-electron chi connectivity index (χ2n) is 5.33. The van der Waals surface area contributed by atoms with Crippen molar-refractivity contribution in [3.8, 4) is 11.3 Å². The summed E-state index contributed by atoms with van der Waals surface area (Å²) in [5.74, 6) is 0.896. The van der Waals surface area contributed by atoms with Crippen molar-refractivity contribution in [2.75, 3.05) is 5.32 Å². The number of rotatable bonds is 5. The molecule has 0 saturated heterocycles. The summed E-state index contributed by atoms with van der Waals surface area (Å²) in [6.45, 7) is -0.175. The first-order valence-electron chi connectivity index (χ1n) is 7.49. The molecule has 4 nitrogen and oxygen atoms in total. The van der Waals surface area contributed by atoms with Gasteiger partial charge in [0.1, 0.15) is 18.1 Å². The number of halogens is 1. The minimum absolute atomic E-state index is 0.107. The maximum absolute atomic E-state index is 12.2. The molecule has 1 amide bonds. The molecule has 3 rings (SSSR count). The molecule has 2 aromatic carbocycles. The molecule has 5 heteroatoms. The van der Waals surface area contributed by atoms with Crippen molar-refractivity contribution in [1.82, 2.24) is 0 Å². The number of carbonyl (C=O) groups is 1. The van der Waals surface area contributed by atoms with Crippen LogP contribution in [0.15, 0.2) is 65.1 Å². The van der Waals surface area contributed by atoms with E-state index in [0.717, 1.165) is 5.56 Å². The molecule has 0 radical (unpaired) electrons. The zero-order valence-electron chi connectivity index (χ0n) is 12.8. The van der Waals surface area contributed by atoms with Gasteiger partial charge in [-0.05, 0) is 35.9 Å². The Bertz CT molecular complexity index is 843. The van der Waals surface area contributed by atoms with Gasteiger partial charge < -0.3 is 14.8 Å². The predicted octanol–water partition coefficient (Wildman–Crippen LogP) is 4.27. The van der Waals surface area contributed by atoms with E-state index in [2.05, 4.69) is 5.32 Å². The Morgan fingerprint density at radius 3 is 2.58 bits per heavy atom. The fourth-order valence-electron chi connectivity index (χ4n) is 2.39. The van der Waals surface area contributed by atoms with Crippen LogP contribution >= 0.6 is 11.6 Å². The van der Waals surface area contributed by atoms with E-state index >= 15 is 0 Å². The number of nitrogens with one attached hydrogen (secondary N) is 1. The molecule has 0 spiro atoms. The predicted molar refractivity (Wildman–Crippen MR) is 93.9 cm³/mol. The third-order valence-electron chi connectivity index (χ3n) is 3.54. The van der Waals surface area contributed by atoms with E-state index in [1.54, 1.807) is 30.3 Å². The molecular weight excluding hydrogens is 326 g/mol. The van der Waals surface area contributed by atoms with E-state index in [0.29, 0.717) is 34.2 Å². The lowest BCUT2D eigenvalue weighted by atomic mass is 10.1.